The van der Waals surface area contributed by atoms with E-state index in [1.54, 1.807) is 34.3 Å². The topological polar surface area (TPSA) is 63.3 Å². The van der Waals surface area contributed by atoms with Crippen molar-refractivity contribution >= 4 is 27.2 Å². The first kappa shape index (κ1) is 13.9. The molecule has 1 N–H and O–H groups in total. The number of rotatable bonds is 1. The van der Waals surface area contributed by atoms with E-state index in [1.807, 2.05) is 12.1 Å². The van der Waals surface area contributed by atoms with Crippen molar-refractivity contribution in [1.29, 1.82) is 0 Å². The highest BCUT2D eigenvalue weighted by Gasteiger charge is 2.25. The zero-order valence-corrected chi connectivity index (χ0v) is 14.0. The van der Waals surface area contributed by atoms with Crippen LogP contribution in [0.1, 0.15) is 36.1 Å². The normalized spacial score (nSPS) is 17.5. The summed E-state index contributed by atoms with van der Waals surface area (Å²) in [5.41, 5.74) is 3.19. The Labute approximate surface area is 142 Å². The predicted octanol–water partition coefficient (Wildman–Crippen LogP) is 4.15. The minimum atomic E-state index is 0.243. The van der Waals surface area contributed by atoms with Crippen molar-refractivity contribution in [3.8, 4) is 17.1 Å². The number of aryl methyl sites for hydroxylation is 1. The van der Waals surface area contributed by atoms with Crippen molar-refractivity contribution in [3.63, 3.8) is 0 Å². The Kier molecular flexibility index (Phi) is 2.91. The third-order valence-electron chi connectivity index (χ3n) is 4.80. The van der Waals surface area contributed by atoms with Gasteiger partial charge >= 0.3 is 0 Å². The molecule has 0 fully saturated rings. The maximum atomic E-state index is 9.46. The van der Waals surface area contributed by atoms with Crippen LogP contribution < -0.4 is 0 Å². The van der Waals surface area contributed by atoms with Crippen molar-refractivity contribution < 1.29 is 5.11 Å². The van der Waals surface area contributed by atoms with Gasteiger partial charge in [-0.2, -0.15) is 0 Å². The molecule has 1 aliphatic rings. The minimum absolute atomic E-state index is 0.243. The van der Waals surface area contributed by atoms with E-state index in [-0.39, 0.29) is 5.75 Å². The van der Waals surface area contributed by atoms with E-state index in [9.17, 15) is 5.11 Å². The molecule has 1 aromatic carbocycles. The maximum Gasteiger partial charge on any atom is 0.182 e. The largest absolute Gasteiger partial charge is 0.508 e. The molecule has 0 bridgehead atoms. The number of hydrogen-bond donors (Lipinski definition) is 1. The van der Waals surface area contributed by atoms with Crippen LogP contribution in [-0.2, 0) is 6.42 Å². The number of nitrogens with zero attached hydrogens (tertiary/aromatic N) is 4. The summed E-state index contributed by atoms with van der Waals surface area (Å²) in [4.78, 5) is 11.9. The van der Waals surface area contributed by atoms with Gasteiger partial charge in [-0.25, -0.2) is 14.5 Å². The molecule has 24 heavy (non-hydrogen) atoms. The molecule has 0 amide bonds. The average molecular weight is 336 g/mol. The quantitative estimate of drug-likeness (QED) is 0.567. The Morgan fingerprint density at radius 3 is 2.92 bits per heavy atom. The van der Waals surface area contributed by atoms with Crippen LogP contribution in [-0.4, -0.2) is 24.7 Å². The molecule has 1 atom stereocenters. The molecule has 1 aliphatic carbocycles. The summed E-state index contributed by atoms with van der Waals surface area (Å²) < 4.78 is 1.78. The molecule has 5 rings (SSSR count). The first-order valence-electron chi connectivity index (χ1n) is 8.17. The molecular formula is C18H16N4OS. The monoisotopic (exact) mass is 336 g/mol. The summed E-state index contributed by atoms with van der Waals surface area (Å²) in [6.07, 6.45) is 5.37. The van der Waals surface area contributed by atoms with Crippen molar-refractivity contribution in [3.05, 3.63) is 41.0 Å². The lowest BCUT2D eigenvalue weighted by Crippen LogP contribution is -2.04. The Morgan fingerprint density at radius 1 is 1.25 bits per heavy atom. The summed E-state index contributed by atoms with van der Waals surface area (Å²) in [6.45, 7) is 2.30. The van der Waals surface area contributed by atoms with Crippen LogP contribution in [0.2, 0.25) is 0 Å². The van der Waals surface area contributed by atoms with Gasteiger partial charge in [-0.05, 0) is 55.0 Å². The van der Waals surface area contributed by atoms with E-state index in [1.165, 1.54) is 28.7 Å². The molecule has 0 saturated heterocycles. The Bertz CT molecular complexity index is 1060. The van der Waals surface area contributed by atoms with Gasteiger partial charge in [0.1, 0.15) is 16.9 Å². The van der Waals surface area contributed by atoms with Crippen molar-refractivity contribution in [2.24, 2.45) is 0 Å². The number of hydrogen-bond acceptors (Lipinski definition) is 5. The lowest BCUT2D eigenvalue weighted by atomic mass is 9.87. The van der Waals surface area contributed by atoms with Gasteiger partial charge in [-0.15, -0.1) is 16.4 Å². The average Bonchev–Trinajstić information content (AvgIpc) is 3.16. The van der Waals surface area contributed by atoms with E-state index < -0.39 is 0 Å². The van der Waals surface area contributed by atoms with Crippen LogP contribution in [0, 0.1) is 0 Å². The predicted molar refractivity (Wildman–Crippen MR) is 94.6 cm³/mol. The van der Waals surface area contributed by atoms with Crippen LogP contribution in [0.15, 0.2) is 30.6 Å². The van der Waals surface area contributed by atoms with Crippen LogP contribution in [0.3, 0.4) is 0 Å². The summed E-state index contributed by atoms with van der Waals surface area (Å²) >= 11 is 1.80. The second-order valence-electron chi connectivity index (χ2n) is 6.41. The summed E-state index contributed by atoms with van der Waals surface area (Å²) in [5.74, 6) is 1.45. The molecule has 0 spiro atoms. The van der Waals surface area contributed by atoms with Crippen molar-refractivity contribution in [2.75, 3.05) is 0 Å². The number of aromatic hydroxyl groups is 1. The molecule has 4 aromatic rings. The molecule has 5 nitrogen and oxygen atoms in total. The van der Waals surface area contributed by atoms with Crippen LogP contribution >= 0.6 is 11.3 Å². The molecule has 3 heterocycles. The second-order valence-corrected chi connectivity index (χ2v) is 7.49. The third-order valence-corrected chi connectivity index (χ3v) is 5.98. The highest BCUT2D eigenvalue weighted by Crippen LogP contribution is 2.42. The summed E-state index contributed by atoms with van der Waals surface area (Å²) in [6, 6.07) is 6.98. The fraction of sp³-hybridized carbons (Fsp3) is 0.278. The van der Waals surface area contributed by atoms with Gasteiger partial charge in [0, 0.05) is 10.4 Å². The standard InChI is InChI=1S/C18H16N4OS/c1-10-3-2-4-13-14(10)15-17-20-16(11-5-7-12(23)8-6-11)21-22(17)9-19-18(15)24-13/h5-10,23H,2-4H2,1H3. The van der Waals surface area contributed by atoms with E-state index >= 15 is 0 Å². The van der Waals surface area contributed by atoms with E-state index in [4.69, 9.17) is 4.98 Å². The van der Waals surface area contributed by atoms with Crippen LogP contribution in [0.25, 0.3) is 27.3 Å². The fourth-order valence-corrected chi connectivity index (χ4v) is 4.91. The molecule has 120 valence electrons. The van der Waals surface area contributed by atoms with Gasteiger partial charge in [0.25, 0.3) is 0 Å². The lowest BCUT2D eigenvalue weighted by molar-refractivity contribution is 0.475. The summed E-state index contributed by atoms with van der Waals surface area (Å²) in [5, 5.41) is 15.2. The van der Waals surface area contributed by atoms with E-state index in [2.05, 4.69) is 17.0 Å². The smallest absolute Gasteiger partial charge is 0.182 e. The number of phenols is 1. The van der Waals surface area contributed by atoms with E-state index in [0.717, 1.165) is 22.5 Å². The summed E-state index contributed by atoms with van der Waals surface area (Å²) in [7, 11) is 0. The molecule has 0 radical (unpaired) electrons. The second kappa shape index (κ2) is 5.01. The minimum Gasteiger partial charge on any atom is -0.508 e. The molecule has 6 heteroatoms. The molecule has 1 unspecified atom stereocenters. The molecule has 0 saturated carbocycles. The lowest BCUT2D eigenvalue weighted by Gasteiger charge is -2.18. The zero-order chi connectivity index (χ0) is 16.3. The Morgan fingerprint density at radius 2 is 2.08 bits per heavy atom. The number of fused-ring (bicyclic) bond motifs is 5. The zero-order valence-electron chi connectivity index (χ0n) is 13.2. The number of phenolic OH excluding ortho intramolecular Hbond substituents is 1. The van der Waals surface area contributed by atoms with Gasteiger partial charge in [0.2, 0.25) is 0 Å². The molecular weight excluding hydrogens is 320 g/mol. The molecule has 3 aromatic heterocycles. The first-order valence-corrected chi connectivity index (χ1v) is 8.98. The van der Waals surface area contributed by atoms with Gasteiger partial charge in [-0.1, -0.05) is 6.92 Å². The van der Waals surface area contributed by atoms with Crippen molar-refractivity contribution in [1.82, 2.24) is 19.6 Å². The Balaban J connectivity index is 1.78. The third kappa shape index (κ3) is 1.96. The molecule has 0 aliphatic heterocycles. The highest BCUT2D eigenvalue weighted by atomic mass is 32.1. The van der Waals surface area contributed by atoms with Crippen molar-refractivity contribution in [2.45, 2.75) is 32.1 Å². The number of aromatic nitrogens is 4. The van der Waals surface area contributed by atoms with Crippen LogP contribution in [0.5, 0.6) is 5.75 Å². The van der Waals surface area contributed by atoms with Gasteiger partial charge in [-0.3, -0.25) is 0 Å². The first-order chi connectivity index (χ1) is 11.7. The van der Waals surface area contributed by atoms with Gasteiger partial charge < -0.3 is 5.11 Å². The highest BCUT2D eigenvalue weighted by molar-refractivity contribution is 7.19. The van der Waals surface area contributed by atoms with Gasteiger partial charge in [0.15, 0.2) is 11.5 Å². The number of thiophene rings is 1. The van der Waals surface area contributed by atoms with E-state index in [0.29, 0.717) is 11.7 Å². The van der Waals surface area contributed by atoms with Crippen LogP contribution in [0.4, 0.5) is 0 Å². The Hall–Kier alpha value is -2.47. The van der Waals surface area contributed by atoms with Gasteiger partial charge in [0.05, 0.1) is 5.39 Å². The fourth-order valence-electron chi connectivity index (χ4n) is 3.62. The number of benzene rings is 1. The SMILES string of the molecule is CC1CCCc2sc3ncn4nc(-c5ccc(O)cc5)nc4c3c21. The maximum absolute atomic E-state index is 9.46.